The fourth-order valence-corrected chi connectivity index (χ4v) is 1.87. The van der Waals surface area contributed by atoms with Crippen LogP contribution in [0.2, 0.25) is 0 Å². The van der Waals surface area contributed by atoms with Gasteiger partial charge in [0.25, 0.3) is 0 Å². The molecule has 1 atom stereocenters. The quantitative estimate of drug-likeness (QED) is 0.867. The molecule has 6 nitrogen and oxygen atoms in total. The van der Waals surface area contributed by atoms with E-state index in [1.807, 2.05) is 6.92 Å². The number of methoxy groups -OCH3 is 1. The fourth-order valence-electron chi connectivity index (χ4n) is 1.87. The van der Waals surface area contributed by atoms with Crippen LogP contribution in [0.3, 0.4) is 0 Å². The Balaban J connectivity index is 2.33. The summed E-state index contributed by atoms with van der Waals surface area (Å²) in [4.78, 5) is 10.9. The molecule has 1 N–H and O–H groups in total. The lowest BCUT2D eigenvalue weighted by Crippen LogP contribution is -2.13. The molecule has 0 amide bonds. The Labute approximate surface area is 104 Å². The van der Waals surface area contributed by atoms with E-state index >= 15 is 0 Å². The number of benzene rings is 1. The van der Waals surface area contributed by atoms with Gasteiger partial charge in [0.2, 0.25) is 0 Å². The van der Waals surface area contributed by atoms with Crippen LogP contribution in [-0.4, -0.2) is 39.8 Å². The van der Waals surface area contributed by atoms with Crippen molar-refractivity contribution in [2.75, 3.05) is 13.7 Å². The van der Waals surface area contributed by atoms with E-state index in [4.69, 9.17) is 9.84 Å². The Morgan fingerprint density at radius 1 is 1.56 bits per heavy atom. The lowest BCUT2D eigenvalue weighted by atomic mass is 10.2. The van der Waals surface area contributed by atoms with E-state index in [1.54, 1.807) is 23.9 Å². The number of aromatic nitrogens is 3. The molecule has 0 aliphatic carbocycles. The third kappa shape index (κ3) is 2.48. The average Bonchev–Trinajstić information content (AvgIpc) is 2.72. The highest BCUT2D eigenvalue weighted by Gasteiger charge is 2.11. The second kappa shape index (κ2) is 5.14. The summed E-state index contributed by atoms with van der Waals surface area (Å²) in [6.07, 6.45) is 0. The molecule has 0 saturated carbocycles. The number of fused-ring (bicyclic) bond motifs is 1. The summed E-state index contributed by atoms with van der Waals surface area (Å²) < 4.78 is 6.78. The largest absolute Gasteiger partial charge is 0.478 e. The van der Waals surface area contributed by atoms with E-state index in [1.165, 1.54) is 6.07 Å². The van der Waals surface area contributed by atoms with Crippen LogP contribution < -0.4 is 0 Å². The topological polar surface area (TPSA) is 77.2 Å². The molecule has 0 fully saturated rings. The zero-order valence-corrected chi connectivity index (χ0v) is 10.3. The van der Waals surface area contributed by atoms with Gasteiger partial charge >= 0.3 is 5.97 Å². The van der Waals surface area contributed by atoms with E-state index in [-0.39, 0.29) is 11.5 Å². The number of rotatable bonds is 5. The number of carbonyl (C=O) groups is 1. The van der Waals surface area contributed by atoms with Crippen LogP contribution in [0, 0.1) is 5.92 Å². The van der Waals surface area contributed by atoms with Gasteiger partial charge < -0.3 is 9.84 Å². The lowest BCUT2D eigenvalue weighted by molar-refractivity contribution is 0.0697. The minimum Gasteiger partial charge on any atom is -0.478 e. The van der Waals surface area contributed by atoms with Gasteiger partial charge in [-0.15, -0.1) is 5.10 Å². The van der Waals surface area contributed by atoms with Gasteiger partial charge in [-0.2, -0.15) is 0 Å². The van der Waals surface area contributed by atoms with Crippen LogP contribution in [0.1, 0.15) is 17.3 Å². The zero-order chi connectivity index (χ0) is 13.1. The van der Waals surface area contributed by atoms with Crippen molar-refractivity contribution in [3.63, 3.8) is 0 Å². The van der Waals surface area contributed by atoms with Gasteiger partial charge in [0, 0.05) is 13.7 Å². The van der Waals surface area contributed by atoms with Crippen LogP contribution in [0.25, 0.3) is 11.0 Å². The first-order valence-corrected chi connectivity index (χ1v) is 5.67. The van der Waals surface area contributed by atoms with Gasteiger partial charge in [0.05, 0.1) is 17.7 Å². The van der Waals surface area contributed by atoms with E-state index in [0.717, 1.165) is 5.52 Å². The van der Waals surface area contributed by atoms with Gasteiger partial charge in [0.1, 0.15) is 5.52 Å². The smallest absolute Gasteiger partial charge is 0.335 e. The molecule has 1 aromatic heterocycles. The highest BCUT2D eigenvalue weighted by atomic mass is 16.5. The molecule has 0 aliphatic rings. The Kier molecular flexibility index (Phi) is 3.57. The highest BCUT2D eigenvalue weighted by Crippen LogP contribution is 2.15. The first-order valence-electron chi connectivity index (χ1n) is 5.67. The highest BCUT2D eigenvalue weighted by molar-refractivity contribution is 5.92. The molecule has 6 heteroatoms. The van der Waals surface area contributed by atoms with Gasteiger partial charge in [-0.25, -0.2) is 9.48 Å². The number of ether oxygens (including phenoxy) is 1. The maximum absolute atomic E-state index is 10.9. The van der Waals surface area contributed by atoms with Crippen molar-refractivity contribution in [1.29, 1.82) is 0 Å². The second-order valence-corrected chi connectivity index (χ2v) is 4.34. The first kappa shape index (κ1) is 12.5. The molecule has 2 aromatic rings. The fraction of sp³-hybridized carbons (Fsp3) is 0.417. The van der Waals surface area contributed by atoms with Crippen molar-refractivity contribution >= 4 is 17.0 Å². The normalized spacial score (nSPS) is 12.8. The van der Waals surface area contributed by atoms with Crippen molar-refractivity contribution in [3.8, 4) is 0 Å². The maximum Gasteiger partial charge on any atom is 0.335 e. The number of nitrogens with zero attached hydrogens (tertiary/aromatic N) is 3. The summed E-state index contributed by atoms with van der Waals surface area (Å²) >= 11 is 0. The third-order valence-electron chi connectivity index (χ3n) is 2.70. The summed E-state index contributed by atoms with van der Waals surface area (Å²) in [6, 6.07) is 4.79. The van der Waals surface area contributed by atoms with Crippen LogP contribution in [0.4, 0.5) is 0 Å². The van der Waals surface area contributed by atoms with Crippen molar-refractivity contribution in [3.05, 3.63) is 23.8 Å². The molecule has 2 rings (SSSR count). The van der Waals surface area contributed by atoms with Crippen molar-refractivity contribution in [2.45, 2.75) is 13.5 Å². The minimum atomic E-state index is -0.949. The molecular formula is C12H15N3O3. The Morgan fingerprint density at radius 3 is 3.00 bits per heavy atom. The molecule has 18 heavy (non-hydrogen) atoms. The zero-order valence-electron chi connectivity index (χ0n) is 10.3. The molecule has 96 valence electrons. The first-order chi connectivity index (χ1) is 8.61. The van der Waals surface area contributed by atoms with Gasteiger partial charge in [0.15, 0.2) is 0 Å². The van der Waals surface area contributed by atoms with Gasteiger partial charge in [-0.1, -0.05) is 12.1 Å². The number of carboxylic acid groups (broad SMARTS) is 1. The molecule has 0 bridgehead atoms. The van der Waals surface area contributed by atoms with Crippen LogP contribution >= 0.6 is 0 Å². The molecule has 0 aliphatic heterocycles. The maximum atomic E-state index is 10.9. The summed E-state index contributed by atoms with van der Waals surface area (Å²) in [5.74, 6) is -0.664. The number of hydrogen-bond donors (Lipinski definition) is 1. The van der Waals surface area contributed by atoms with Gasteiger partial charge in [-0.3, -0.25) is 0 Å². The Morgan fingerprint density at radius 2 is 2.33 bits per heavy atom. The Bertz CT molecular complexity index is 565. The lowest BCUT2D eigenvalue weighted by Gasteiger charge is -2.10. The van der Waals surface area contributed by atoms with E-state index in [0.29, 0.717) is 18.7 Å². The molecule has 1 unspecified atom stereocenters. The van der Waals surface area contributed by atoms with Crippen LogP contribution in [0.15, 0.2) is 18.2 Å². The standard InChI is InChI=1S/C12H15N3O3/c1-8(7-18-2)6-15-11-5-9(12(16)17)3-4-10(11)13-14-15/h3-5,8H,6-7H2,1-2H3,(H,16,17). The number of carboxylic acids is 1. The summed E-state index contributed by atoms with van der Waals surface area (Å²) in [5, 5.41) is 17.0. The molecule has 1 aromatic carbocycles. The average molecular weight is 249 g/mol. The van der Waals surface area contributed by atoms with Gasteiger partial charge in [-0.05, 0) is 24.1 Å². The van der Waals surface area contributed by atoms with E-state index in [2.05, 4.69) is 10.3 Å². The molecular weight excluding hydrogens is 234 g/mol. The second-order valence-electron chi connectivity index (χ2n) is 4.34. The minimum absolute atomic E-state index is 0.241. The van der Waals surface area contributed by atoms with Crippen LogP contribution in [0.5, 0.6) is 0 Å². The predicted molar refractivity (Wildman–Crippen MR) is 65.5 cm³/mol. The van der Waals surface area contributed by atoms with E-state index < -0.39 is 5.97 Å². The van der Waals surface area contributed by atoms with Crippen LogP contribution in [-0.2, 0) is 11.3 Å². The summed E-state index contributed by atoms with van der Waals surface area (Å²) in [6.45, 7) is 3.31. The molecule has 0 radical (unpaired) electrons. The number of hydrogen-bond acceptors (Lipinski definition) is 4. The summed E-state index contributed by atoms with van der Waals surface area (Å²) in [5.41, 5.74) is 1.67. The van der Waals surface area contributed by atoms with Crippen molar-refractivity contribution in [1.82, 2.24) is 15.0 Å². The molecule has 1 heterocycles. The van der Waals surface area contributed by atoms with E-state index in [9.17, 15) is 4.79 Å². The third-order valence-corrected chi connectivity index (χ3v) is 2.70. The molecule has 0 spiro atoms. The Hall–Kier alpha value is -1.95. The predicted octanol–water partition coefficient (Wildman–Crippen LogP) is 1.41. The van der Waals surface area contributed by atoms with Crippen molar-refractivity contribution < 1.29 is 14.6 Å². The SMILES string of the molecule is COCC(C)Cn1nnc2ccc(C(=O)O)cc21. The number of aromatic carboxylic acids is 1. The summed E-state index contributed by atoms with van der Waals surface area (Å²) in [7, 11) is 1.65. The van der Waals surface area contributed by atoms with Crippen molar-refractivity contribution in [2.24, 2.45) is 5.92 Å². The monoisotopic (exact) mass is 249 g/mol. The molecule has 0 saturated heterocycles.